The van der Waals surface area contributed by atoms with E-state index in [1.807, 2.05) is 18.2 Å². The number of carbonyl (C=O) groups excluding carboxylic acids is 1. The van der Waals surface area contributed by atoms with Crippen LogP contribution in [0.1, 0.15) is 23.1 Å². The van der Waals surface area contributed by atoms with E-state index in [9.17, 15) is 18.0 Å². The van der Waals surface area contributed by atoms with Crippen molar-refractivity contribution < 1.29 is 22.7 Å². The first-order valence-corrected chi connectivity index (χ1v) is 7.66. The molecule has 0 aliphatic heterocycles. The summed E-state index contributed by atoms with van der Waals surface area (Å²) in [6.07, 6.45) is -3.90. The Balaban J connectivity index is 2.04. The average Bonchev–Trinajstić information content (AvgIpc) is 2.59. The molecule has 0 fully saturated rings. The zero-order chi connectivity index (χ0) is 18.4. The van der Waals surface area contributed by atoms with Crippen LogP contribution in [0.3, 0.4) is 0 Å². The molecular weight excluding hydrogens is 333 g/mol. The van der Waals surface area contributed by atoms with Gasteiger partial charge in [0.2, 0.25) is 5.91 Å². The predicted octanol–water partition coefficient (Wildman–Crippen LogP) is 3.74. The minimum atomic E-state index is -4.49. The number of aryl methyl sites for hydroxylation is 1. The van der Waals surface area contributed by atoms with Crippen LogP contribution in [0.25, 0.3) is 0 Å². The summed E-state index contributed by atoms with van der Waals surface area (Å²) in [6, 6.07) is 10.6. The monoisotopic (exact) mass is 352 g/mol. The second-order valence-electron chi connectivity index (χ2n) is 5.52. The summed E-state index contributed by atoms with van der Waals surface area (Å²) in [7, 11) is 1.55. The number of ether oxygens (including phenoxy) is 1. The van der Waals surface area contributed by atoms with Gasteiger partial charge in [-0.05, 0) is 47.9 Å². The molecule has 2 aromatic rings. The molecular formula is C18H19F3N2O2. The Morgan fingerprint density at radius 2 is 1.92 bits per heavy atom. The van der Waals surface area contributed by atoms with Crippen molar-refractivity contribution in [1.29, 1.82) is 0 Å². The smallest absolute Gasteiger partial charge is 0.416 e. The van der Waals surface area contributed by atoms with Crippen LogP contribution in [-0.2, 0) is 23.9 Å². The minimum absolute atomic E-state index is 0.0450. The summed E-state index contributed by atoms with van der Waals surface area (Å²) >= 11 is 0. The molecule has 1 amide bonds. The van der Waals surface area contributed by atoms with Crippen molar-refractivity contribution in [3.8, 4) is 5.75 Å². The lowest BCUT2D eigenvalue weighted by molar-refractivity contribution is -0.137. The van der Waals surface area contributed by atoms with Crippen LogP contribution >= 0.6 is 0 Å². The zero-order valence-electron chi connectivity index (χ0n) is 13.7. The first kappa shape index (κ1) is 18.8. The number of benzene rings is 2. The maximum absolute atomic E-state index is 12.9. The third-order valence-electron chi connectivity index (χ3n) is 3.61. The fraction of sp³-hybridized carbons (Fsp3) is 0.278. The van der Waals surface area contributed by atoms with E-state index < -0.39 is 11.7 Å². The number of hydrogen-bond donors (Lipinski definition) is 2. The molecule has 0 aromatic heterocycles. The van der Waals surface area contributed by atoms with E-state index in [1.165, 1.54) is 6.07 Å². The highest BCUT2D eigenvalue weighted by molar-refractivity contribution is 5.91. The Morgan fingerprint density at radius 1 is 1.16 bits per heavy atom. The lowest BCUT2D eigenvalue weighted by Crippen LogP contribution is -2.14. The molecule has 0 bridgehead atoms. The quantitative estimate of drug-likeness (QED) is 0.832. The van der Waals surface area contributed by atoms with Gasteiger partial charge in [0, 0.05) is 18.7 Å². The van der Waals surface area contributed by atoms with Crippen molar-refractivity contribution in [2.45, 2.75) is 25.6 Å². The van der Waals surface area contributed by atoms with E-state index in [-0.39, 0.29) is 24.6 Å². The number of alkyl halides is 3. The highest BCUT2D eigenvalue weighted by Gasteiger charge is 2.31. The number of carbonyl (C=O) groups is 1. The minimum Gasteiger partial charge on any atom is -0.497 e. The Bertz CT molecular complexity index is 745. The van der Waals surface area contributed by atoms with Crippen molar-refractivity contribution in [2.75, 3.05) is 12.4 Å². The number of nitrogens with two attached hydrogens (primary N) is 1. The first-order valence-electron chi connectivity index (χ1n) is 7.66. The van der Waals surface area contributed by atoms with Crippen LogP contribution in [0.15, 0.2) is 42.5 Å². The van der Waals surface area contributed by atoms with Gasteiger partial charge in [-0.2, -0.15) is 13.2 Å². The summed E-state index contributed by atoms with van der Waals surface area (Å²) in [5, 5.41) is 2.50. The van der Waals surface area contributed by atoms with Crippen molar-refractivity contribution >= 4 is 11.6 Å². The number of nitrogens with one attached hydrogen (secondary N) is 1. The van der Waals surface area contributed by atoms with Gasteiger partial charge in [-0.3, -0.25) is 4.79 Å². The molecule has 0 aliphatic carbocycles. The molecule has 25 heavy (non-hydrogen) atoms. The molecule has 3 N–H and O–H groups in total. The van der Waals surface area contributed by atoms with Gasteiger partial charge < -0.3 is 15.8 Å². The molecule has 0 atom stereocenters. The number of amides is 1. The van der Waals surface area contributed by atoms with Crippen molar-refractivity contribution in [3.05, 3.63) is 59.2 Å². The van der Waals surface area contributed by atoms with Crippen molar-refractivity contribution in [3.63, 3.8) is 0 Å². The van der Waals surface area contributed by atoms with E-state index in [1.54, 1.807) is 13.2 Å². The molecule has 0 spiro atoms. The number of hydrogen-bond acceptors (Lipinski definition) is 3. The number of methoxy groups -OCH3 is 1. The fourth-order valence-electron chi connectivity index (χ4n) is 2.36. The lowest BCUT2D eigenvalue weighted by atomic mass is 10.1. The standard InChI is InChI=1S/C18H19F3N2O2/c1-25-16-4-2-3-12(9-16)5-6-17(24)23-15-8-13(11-22)7-14(10-15)18(19,20)21/h2-4,7-10H,5-6,11,22H2,1H3,(H,23,24). The molecule has 0 radical (unpaired) electrons. The summed E-state index contributed by atoms with van der Waals surface area (Å²) in [5.74, 6) is 0.313. The molecule has 2 rings (SSSR count). The van der Waals surface area contributed by atoms with E-state index in [2.05, 4.69) is 5.32 Å². The summed E-state index contributed by atoms with van der Waals surface area (Å²) in [6.45, 7) is -0.0450. The van der Waals surface area contributed by atoms with Gasteiger partial charge in [0.1, 0.15) is 5.75 Å². The summed E-state index contributed by atoms with van der Waals surface area (Å²) in [4.78, 5) is 12.0. The van der Waals surface area contributed by atoms with Gasteiger partial charge in [0.15, 0.2) is 0 Å². The molecule has 0 aliphatic rings. The Hall–Kier alpha value is -2.54. The highest BCUT2D eigenvalue weighted by Crippen LogP contribution is 2.32. The van der Waals surface area contributed by atoms with E-state index >= 15 is 0 Å². The maximum Gasteiger partial charge on any atom is 0.416 e. The highest BCUT2D eigenvalue weighted by atomic mass is 19.4. The average molecular weight is 352 g/mol. The van der Waals surface area contributed by atoms with Crippen LogP contribution in [-0.4, -0.2) is 13.0 Å². The second kappa shape index (κ2) is 8.02. The van der Waals surface area contributed by atoms with Crippen LogP contribution in [0.2, 0.25) is 0 Å². The van der Waals surface area contributed by atoms with Crippen LogP contribution in [0, 0.1) is 0 Å². The molecule has 0 unspecified atom stereocenters. The topological polar surface area (TPSA) is 64.3 Å². The number of anilines is 1. The van der Waals surface area contributed by atoms with E-state index in [4.69, 9.17) is 10.5 Å². The molecule has 134 valence electrons. The SMILES string of the molecule is COc1cccc(CCC(=O)Nc2cc(CN)cc(C(F)(F)F)c2)c1. The normalized spacial score (nSPS) is 11.2. The number of halogens is 3. The molecule has 0 saturated carbocycles. The van der Waals surface area contributed by atoms with Gasteiger partial charge in [-0.25, -0.2) is 0 Å². The Labute approximate surface area is 143 Å². The number of rotatable bonds is 6. The van der Waals surface area contributed by atoms with Crippen LogP contribution in [0.5, 0.6) is 5.75 Å². The van der Waals surface area contributed by atoms with Gasteiger partial charge in [-0.1, -0.05) is 12.1 Å². The first-order chi connectivity index (χ1) is 11.8. The molecule has 7 heteroatoms. The maximum atomic E-state index is 12.9. The molecule has 4 nitrogen and oxygen atoms in total. The van der Waals surface area contributed by atoms with E-state index in [0.717, 1.165) is 17.7 Å². The Kier molecular flexibility index (Phi) is 6.03. The fourth-order valence-corrected chi connectivity index (χ4v) is 2.36. The second-order valence-corrected chi connectivity index (χ2v) is 5.52. The van der Waals surface area contributed by atoms with Gasteiger partial charge >= 0.3 is 6.18 Å². The predicted molar refractivity (Wildman–Crippen MR) is 89.3 cm³/mol. The molecule has 2 aromatic carbocycles. The third-order valence-corrected chi connectivity index (χ3v) is 3.61. The third kappa shape index (κ3) is 5.49. The lowest BCUT2D eigenvalue weighted by Gasteiger charge is -2.12. The Morgan fingerprint density at radius 3 is 2.56 bits per heavy atom. The van der Waals surface area contributed by atoms with Crippen molar-refractivity contribution in [1.82, 2.24) is 0 Å². The van der Waals surface area contributed by atoms with E-state index in [0.29, 0.717) is 17.7 Å². The van der Waals surface area contributed by atoms with Crippen LogP contribution < -0.4 is 15.8 Å². The van der Waals surface area contributed by atoms with Gasteiger partial charge in [0.05, 0.1) is 12.7 Å². The van der Waals surface area contributed by atoms with Crippen molar-refractivity contribution in [2.24, 2.45) is 5.73 Å². The largest absolute Gasteiger partial charge is 0.497 e. The summed E-state index contributed by atoms with van der Waals surface area (Å²) < 4.78 is 43.8. The van der Waals surface area contributed by atoms with Gasteiger partial charge in [-0.15, -0.1) is 0 Å². The van der Waals surface area contributed by atoms with Crippen LogP contribution in [0.4, 0.5) is 18.9 Å². The molecule has 0 heterocycles. The molecule has 0 saturated heterocycles. The van der Waals surface area contributed by atoms with Gasteiger partial charge in [0.25, 0.3) is 0 Å². The summed E-state index contributed by atoms with van der Waals surface area (Å²) in [5.41, 5.74) is 5.89. The zero-order valence-corrected chi connectivity index (χ0v) is 13.7.